The Morgan fingerprint density at radius 2 is 2.18 bits per heavy atom. The van der Waals surface area contributed by atoms with Crippen LogP contribution in [0.4, 0.5) is 5.13 Å². The molecule has 0 saturated carbocycles. The van der Waals surface area contributed by atoms with Gasteiger partial charge < -0.3 is 4.42 Å². The van der Waals surface area contributed by atoms with Gasteiger partial charge in [0.25, 0.3) is 5.91 Å². The van der Waals surface area contributed by atoms with Crippen LogP contribution in [0.1, 0.15) is 21.0 Å². The van der Waals surface area contributed by atoms with Gasteiger partial charge in [-0.15, -0.1) is 23.1 Å². The number of hydrogen-bond acceptors (Lipinski definition) is 5. The highest BCUT2D eigenvalue weighted by Crippen LogP contribution is 2.27. The van der Waals surface area contributed by atoms with Crippen LogP contribution in [0.15, 0.2) is 58.2 Å². The van der Waals surface area contributed by atoms with Gasteiger partial charge >= 0.3 is 0 Å². The highest BCUT2D eigenvalue weighted by Gasteiger charge is 2.13. The minimum atomic E-state index is -0.142. The Bertz CT molecular complexity index is 766. The van der Waals surface area contributed by atoms with Crippen molar-refractivity contribution in [1.82, 2.24) is 4.98 Å². The van der Waals surface area contributed by atoms with Crippen molar-refractivity contribution >= 4 is 34.1 Å². The van der Waals surface area contributed by atoms with Crippen molar-refractivity contribution in [2.24, 2.45) is 0 Å². The van der Waals surface area contributed by atoms with Gasteiger partial charge in [-0.05, 0) is 31.2 Å². The predicted molar refractivity (Wildman–Crippen MR) is 89.5 cm³/mol. The number of thioether (sulfide) groups is 1. The molecule has 0 aliphatic rings. The second kappa shape index (κ2) is 6.81. The Labute approximate surface area is 136 Å². The first-order valence-corrected chi connectivity index (χ1v) is 8.50. The van der Waals surface area contributed by atoms with Crippen LogP contribution in [0.5, 0.6) is 0 Å². The molecule has 3 rings (SSSR count). The molecule has 1 N–H and O–H groups in total. The molecule has 2 aromatic heterocycles. The zero-order valence-corrected chi connectivity index (χ0v) is 13.5. The van der Waals surface area contributed by atoms with E-state index in [0.29, 0.717) is 16.4 Å². The van der Waals surface area contributed by atoms with Crippen molar-refractivity contribution < 1.29 is 9.21 Å². The first-order valence-electron chi connectivity index (χ1n) is 6.70. The molecule has 4 nitrogen and oxygen atoms in total. The van der Waals surface area contributed by atoms with E-state index in [0.717, 1.165) is 15.5 Å². The predicted octanol–water partition coefficient (Wildman–Crippen LogP) is 4.59. The number of benzene rings is 1. The number of amides is 1. The highest BCUT2D eigenvalue weighted by molar-refractivity contribution is 7.98. The molecule has 3 aromatic rings. The van der Waals surface area contributed by atoms with E-state index < -0.39 is 0 Å². The van der Waals surface area contributed by atoms with Crippen molar-refractivity contribution in [1.29, 1.82) is 0 Å². The molecule has 0 fully saturated rings. The summed E-state index contributed by atoms with van der Waals surface area (Å²) in [7, 11) is 0. The number of carbonyl (C=O) groups excluding carboxylic acids is 1. The minimum absolute atomic E-state index is 0.142. The number of aryl methyl sites for hydroxylation is 1. The molecule has 0 aliphatic carbocycles. The summed E-state index contributed by atoms with van der Waals surface area (Å²) in [5, 5.41) is 3.46. The third-order valence-electron chi connectivity index (χ3n) is 2.92. The molecule has 112 valence electrons. The first-order chi connectivity index (χ1) is 10.7. The zero-order valence-electron chi connectivity index (χ0n) is 11.9. The fourth-order valence-corrected chi connectivity index (χ4v) is 3.51. The van der Waals surface area contributed by atoms with Gasteiger partial charge in [-0.1, -0.05) is 12.1 Å². The molecule has 0 spiro atoms. The summed E-state index contributed by atoms with van der Waals surface area (Å²) in [5.74, 6) is 1.43. The number of nitrogens with one attached hydrogen (secondary N) is 1. The van der Waals surface area contributed by atoms with Gasteiger partial charge in [0.1, 0.15) is 5.76 Å². The Morgan fingerprint density at radius 1 is 1.32 bits per heavy atom. The molecule has 0 aliphatic heterocycles. The first kappa shape index (κ1) is 14.9. The van der Waals surface area contributed by atoms with E-state index in [-0.39, 0.29) is 5.91 Å². The molecule has 2 heterocycles. The number of rotatable bonds is 5. The fourth-order valence-electron chi connectivity index (χ4n) is 1.90. The second-order valence-electron chi connectivity index (χ2n) is 4.59. The van der Waals surface area contributed by atoms with Gasteiger partial charge in [0, 0.05) is 16.0 Å². The van der Waals surface area contributed by atoms with Gasteiger partial charge in [-0.3, -0.25) is 10.1 Å². The summed E-state index contributed by atoms with van der Waals surface area (Å²) in [6.45, 7) is 1.96. The largest absolute Gasteiger partial charge is 0.468 e. The Morgan fingerprint density at radius 3 is 2.91 bits per heavy atom. The maximum absolute atomic E-state index is 12.4. The molecule has 1 aromatic carbocycles. The standard InChI is InChI=1S/C16H14N2O2S2/c1-11-9-17-16(22-11)18-15(19)13-6-2-3-7-14(13)21-10-12-5-4-8-20-12/h2-9H,10H2,1H3,(H,17,18,19). The van der Waals surface area contributed by atoms with Crippen molar-refractivity contribution in [3.8, 4) is 0 Å². The number of thiazole rings is 1. The van der Waals surface area contributed by atoms with E-state index in [2.05, 4.69) is 10.3 Å². The summed E-state index contributed by atoms with van der Waals surface area (Å²) in [5.41, 5.74) is 0.645. The quantitative estimate of drug-likeness (QED) is 0.695. The Balaban J connectivity index is 1.73. The minimum Gasteiger partial charge on any atom is -0.468 e. The van der Waals surface area contributed by atoms with Crippen molar-refractivity contribution in [2.45, 2.75) is 17.6 Å². The lowest BCUT2D eigenvalue weighted by molar-refractivity contribution is 0.102. The zero-order chi connectivity index (χ0) is 15.4. The van der Waals surface area contributed by atoms with Crippen LogP contribution in [0, 0.1) is 6.92 Å². The van der Waals surface area contributed by atoms with E-state index in [1.54, 1.807) is 24.2 Å². The molecule has 0 atom stereocenters. The third kappa shape index (κ3) is 3.58. The Hall–Kier alpha value is -2.05. The van der Waals surface area contributed by atoms with Gasteiger partial charge in [-0.2, -0.15) is 0 Å². The lowest BCUT2D eigenvalue weighted by Crippen LogP contribution is -2.12. The maximum atomic E-state index is 12.4. The molecule has 0 radical (unpaired) electrons. The highest BCUT2D eigenvalue weighted by atomic mass is 32.2. The number of anilines is 1. The third-order valence-corrected chi connectivity index (χ3v) is 4.85. The molecule has 0 saturated heterocycles. The summed E-state index contributed by atoms with van der Waals surface area (Å²) < 4.78 is 5.32. The van der Waals surface area contributed by atoms with Crippen molar-refractivity contribution in [3.05, 3.63) is 65.1 Å². The van der Waals surface area contributed by atoms with Crippen LogP contribution in [0.2, 0.25) is 0 Å². The lowest BCUT2D eigenvalue weighted by Gasteiger charge is -2.07. The monoisotopic (exact) mass is 330 g/mol. The van der Waals surface area contributed by atoms with Gasteiger partial charge in [-0.25, -0.2) is 4.98 Å². The van der Waals surface area contributed by atoms with Crippen LogP contribution in [0.25, 0.3) is 0 Å². The van der Waals surface area contributed by atoms with Crippen LogP contribution >= 0.6 is 23.1 Å². The summed E-state index contributed by atoms with van der Waals surface area (Å²) in [6, 6.07) is 11.3. The normalized spacial score (nSPS) is 10.6. The summed E-state index contributed by atoms with van der Waals surface area (Å²) >= 11 is 3.04. The number of nitrogens with zero attached hydrogens (tertiary/aromatic N) is 1. The van der Waals surface area contributed by atoms with Crippen molar-refractivity contribution in [2.75, 3.05) is 5.32 Å². The van der Waals surface area contributed by atoms with Crippen LogP contribution in [-0.4, -0.2) is 10.9 Å². The van der Waals surface area contributed by atoms with Gasteiger partial charge in [0.05, 0.1) is 17.6 Å². The number of aromatic nitrogens is 1. The molecule has 6 heteroatoms. The smallest absolute Gasteiger partial charge is 0.258 e. The maximum Gasteiger partial charge on any atom is 0.258 e. The number of carbonyl (C=O) groups is 1. The van der Waals surface area contributed by atoms with E-state index in [1.807, 2.05) is 43.3 Å². The molecule has 1 amide bonds. The lowest BCUT2D eigenvalue weighted by atomic mass is 10.2. The van der Waals surface area contributed by atoms with E-state index >= 15 is 0 Å². The molecular weight excluding hydrogens is 316 g/mol. The number of hydrogen-bond donors (Lipinski definition) is 1. The van der Waals surface area contributed by atoms with Gasteiger partial charge in [0.2, 0.25) is 0 Å². The van der Waals surface area contributed by atoms with Gasteiger partial charge in [0.15, 0.2) is 5.13 Å². The molecular formula is C16H14N2O2S2. The molecule has 0 unspecified atom stereocenters. The SMILES string of the molecule is Cc1cnc(NC(=O)c2ccccc2SCc2ccco2)s1. The van der Waals surface area contributed by atoms with E-state index in [4.69, 9.17) is 4.42 Å². The van der Waals surface area contributed by atoms with Crippen LogP contribution in [-0.2, 0) is 5.75 Å². The fraction of sp³-hybridized carbons (Fsp3) is 0.125. The number of furan rings is 1. The van der Waals surface area contributed by atoms with Crippen LogP contribution in [0.3, 0.4) is 0 Å². The average molecular weight is 330 g/mol. The summed E-state index contributed by atoms with van der Waals surface area (Å²) in [4.78, 5) is 18.6. The topological polar surface area (TPSA) is 55.1 Å². The summed E-state index contributed by atoms with van der Waals surface area (Å²) in [6.07, 6.45) is 3.40. The Kier molecular flexibility index (Phi) is 4.60. The molecule has 0 bridgehead atoms. The van der Waals surface area contributed by atoms with E-state index in [1.165, 1.54) is 11.3 Å². The van der Waals surface area contributed by atoms with E-state index in [9.17, 15) is 4.79 Å². The van der Waals surface area contributed by atoms with Crippen LogP contribution < -0.4 is 5.32 Å². The second-order valence-corrected chi connectivity index (χ2v) is 6.85. The molecule has 22 heavy (non-hydrogen) atoms. The average Bonchev–Trinajstić information content (AvgIpc) is 3.17. The van der Waals surface area contributed by atoms with Crippen molar-refractivity contribution in [3.63, 3.8) is 0 Å².